The van der Waals surface area contributed by atoms with E-state index in [0.717, 1.165) is 36.9 Å². The fraction of sp³-hybridized carbons (Fsp3) is 0.421. The Bertz CT molecular complexity index is 713. The highest BCUT2D eigenvalue weighted by Crippen LogP contribution is 2.14. The molecule has 0 aliphatic rings. The van der Waals surface area contributed by atoms with Crippen LogP contribution in [0.3, 0.4) is 0 Å². The summed E-state index contributed by atoms with van der Waals surface area (Å²) >= 11 is 0. The van der Waals surface area contributed by atoms with Gasteiger partial charge in [0.25, 0.3) is 5.56 Å². The summed E-state index contributed by atoms with van der Waals surface area (Å²) in [4.78, 5) is 23.2. The van der Waals surface area contributed by atoms with Crippen LogP contribution in [0.1, 0.15) is 32.6 Å². The molecule has 2 N–H and O–H groups in total. The van der Waals surface area contributed by atoms with Gasteiger partial charge in [0.1, 0.15) is 0 Å². The normalized spacial score (nSPS) is 10.4. The molecule has 0 saturated heterocycles. The third-order valence-corrected chi connectivity index (χ3v) is 3.86. The number of amides is 2. The van der Waals surface area contributed by atoms with Crippen LogP contribution in [0.15, 0.2) is 47.3 Å². The molecule has 0 bridgehead atoms. The Morgan fingerprint density at radius 1 is 1.00 bits per heavy atom. The van der Waals surface area contributed by atoms with Crippen molar-refractivity contribution in [3.63, 3.8) is 0 Å². The lowest BCUT2D eigenvalue weighted by Crippen LogP contribution is -2.35. The highest BCUT2D eigenvalue weighted by atomic mass is 16.2. The van der Waals surface area contributed by atoms with Crippen LogP contribution >= 0.6 is 0 Å². The van der Waals surface area contributed by atoms with Gasteiger partial charge in [0, 0.05) is 31.3 Å². The maximum Gasteiger partial charge on any atom is 0.314 e. The van der Waals surface area contributed by atoms with Gasteiger partial charge in [0.15, 0.2) is 0 Å². The van der Waals surface area contributed by atoms with E-state index in [0.29, 0.717) is 19.6 Å². The molecule has 0 atom stereocenters. The lowest BCUT2D eigenvalue weighted by Gasteiger charge is -2.08. The van der Waals surface area contributed by atoms with E-state index < -0.39 is 0 Å². The fourth-order valence-electron chi connectivity index (χ4n) is 2.54. The molecule has 0 aliphatic carbocycles. The summed E-state index contributed by atoms with van der Waals surface area (Å²) in [5.74, 6) is 0. The van der Waals surface area contributed by atoms with Crippen LogP contribution in [0.4, 0.5) is 4.79 Å². The summed E-state index contributed by atoms with van der Waals surface area (Å²) in [5.41, 5.74) is 1.75. The number of unbranched alkanes of at least 4 members (excludes halogenated alkanes) is 3. The SMILES string of the molecule is CCNC(=O)NCCCCCCn1nc(-c2ccccc2)ccc1=O. The summed E-state index contributed by atoms with van der Waals surface area (Å²) in [6.07, 6.45) is 3.84. The number of rotatable bonds is 9. The van der Waals surface area contributed by atoms with Crippen molar-refractivity contribution in [1.82, 2.24) is 20.4 Å². The lowest BCUT2D eigenvalue weighted by molar-refractivity contribution is 0.241. The minimum absolute atomic E-state index is 0.0717. The number of nitrogens with zero attached hydrogens (tertiary/aromatic N) is 2. The molecule has 2 amide bonds. The summed E-state index contributed by atoms with van der Waals surface area (Å²) in [6.45, 7) is 3.81. The Kier molecular flexibility index (Phi) is 7.69. The van der Waals surface area contributed by atoms with Gasteiger partial charge in [0.05, 0.1) is 5.69 Å². The highest BCUT2D eigenvalue weighted by molar-refractivity contribution is 5.73. The maximum atomic E-state index is 12.0. The number of aromatic nitrogens is 2. The van der Waals surface area contributed by atoms with Gasteiger partial charge in [-0.15, -0.1) is 0 Å². The number of aryl methyl sites for hydroxylation is 1. The van der Waals surface area contributed by atoms with Crippen LogP contribution in [-0.4, -0.2) is 28.9 Å². The molecule has 6 nitrogen and oxygen atoms in total. The molecule has 2 aromatic rings. The fourth-order valence-corrected chi connectivity index (χ4v) is 2.54. The monoisotopic (exact) mass is 342 g/mol. The molecule has 0 saturated carbocycles. The van der Waals surface area contributed by atoms with Crippen LogP contribution in [-0.2, 0) is 6.54 Å². The van der Waals surface area contributed by atoms with Crippen molar-refractivity contribution < 1.29 is 4.79 Å². The van der Waals surface area contributed by atoms with Gasteiger partial charge in [-0.1, -0.05) is 43.2 Å². The van der Waals surface area contributed by atoms with Crippen molar-refractivity contribution in [3.05, 3.63) is 52.8 Å². The topological polar surface area (TPSA) is 76.0 Å². The summed E-state index contributed by atoms with van der Waals surface area (Å²) < 4.78 is 1.54. The van der Waals surface area contributed by atoms with Crippen LogP contribution in [0.2, 0.25) is 0 Å². The van der Waals surface area contributed by atoms with Crippen molar-refractivity contribution >= 4 is 6.03 Å². The molecule has 1 aromatic heterocycles. The third kappa shape index (κ3) is 6.41. The summed E-state index contributed by atoms with van der Waals surface area (Å²) in [7, 11) is 0. The lowest BCUT2D eigenvalue weighted by atomic mass is 10.1. The zero-order valence-electron chi connectivity index (χ0n) is 14.7. The van der Waals surface area contributed by atoms with Gasteiger partial charge in [-0.2, -0.15) is 5.10 Å². The second-order valence-electron chi connectivity index (χ2n) is 5.85. The van der Waals surface area contributed by atoms with Crippen molar-refractivity contribution in [2.45, 2.75) is 39.2 Å². The number of carbonyl (C=O) groups is 1. The molecule has 2 rings (SSSR count). The van der Waals surface area contributed by atoms with E-state index in [9.17, 15) is 9.59 Å². The second-order valence-corrected chi connectivity index (χ2v) is 5.85. The zero-order chi connectivity index (χ0) is 17.9. The van der Waals surface area contributed by atoms with Crippen LogP contribution in [0, 0.1) is 0 Å². The van der Waals surface area contributed by atoms with Crippen LogP contribution < -0.4 is 16.2 Å². The Balaban J connectivity index is 1.74. The molecule has 1 heterocycles. The van der Waals surface area contributed by atoms with Gasteiger partial charge < -0.3 is 10.6 Å². The number of nitrogens with one attached hydrogen (secondary N) is 2. The van der Waals surface area contributed by atoms with Crippen LogP contribution in [0.25, 0.3) is 11.3 Å². The molecule has 0 fully saturated rings. The average Bonchev–Trinajstić information content (AvgIpc) is 2.63. The Morgan fingerprint density at radius 3 is 2.52 bits per heavy atom. The van der Waals surface area contributed by atoms with Crippen LogP contribution in [0.5, 0.6) is 0 Å². The molecular formula is C19H26N4O2. The van der Waals surface area contributed by atoms with Gasteiger partial charge in [-0.3, -0.25) is 4.79 Å². The Labute approximate surface area is 148 Å². The quantitative estimate of drug-likeness (QED) is 0.688. The smallest absolute Gasteiger partial charge is 0.314 e. The van der Waals surface area contributed by atoms with Gasteiger partial charge in [-0.05, 0) is 25.8 Å². The first-order valence-corrected chi connectivity index (χ1v) is 8.86. The van der Waals surface area contributed by atoms with E-state index in [1.165, 1.54) is 4.68 Å². The van der Waals surface area contributed by atoms with Crippen molar-refractivity contribution in [3.8, 4) is 11.3 Å². The first-order valence-electron chi connectivity index (χ1n) is 8.86. The first-order chi connectivity index (χ1) is 12.2. The first kappa shape index (κ1) is 18.7. The van der Waals surface area contributed by atoms with E-state index in [4.69, 9.17) is 0 Å². The molecule has 0 spiro atoms. The minimum atomic E-state index is -0.115. The Hall–Kier alpha value is -2.63. The van der Waals surface area contributed by atoms with E-state index in [1.807, 2.05) is 37.3 Å². The third-order valence-electron chi connectivity index (χ3n) is 3.86. The van der Waals surface area contributed by atoms with Gasteiger partial charge in [0.2, 0.25) is 0 Å². The molecule has 25 heavy (non-hydrogen) atoms. The number of hydrogen-bond acceptors (Lipinski definition) is 3. The van der Waals surface area contributed by atoms with Gasteiger partial charge >= 0.3 is 6.03 Å². The molecule has 0 unspecified atom stereocenters. The van der Waals surface area contributed by atoms with E-state index in [2.05, 4.69) is 15.7 Å². The second kappa shape index (κ2) is 10.3. The van der Waals surface area contributed by atoms with E-state index in [1.54, 1.807) is 12.1 Å². The number of carbonyl (C=O) groups excluding carboxylic acids is 1. The zero-order valence-corrected chi connectivity index (χ0v) is 14.7. The van der Waals surface area contributed by atoms with Crippen molar-refractivity contribution in [2.24, 2.45) is 0 Å². The molecular weight excluding hydrogens is 316 g/mol. The number of hydrogen-bond donors (Lipinski definition) is 2. The van der Waals surface area contributed by atoms with Crippen molar-refractivity contribution in [2.75, 3.05) is 13.1 Å². The average molecular weight is 342 g/mol. The molecule has 0 aliphatic heterocycles. The summed E-state index contributed by atoms with van der Waals surface area (Å²) in [6, 6.07) is 13.1. The number of benzene rings is 1. The molecule has 1 aromatic carbocycles. The Morgan fingerprint density at radius 2 is 1.76 bits per heavy atom. The van der Waals surface area contributed by atoms with E-state index in [-0.39, 0.29) is 11.6 Å². The molecule has 0 radical (unpaired) electrons. The molecule has 134 valence electrons. The maximum absolute atomic E-state index is 12.0. The summed E-state index contributed by atoms with van der Waals surface area (Å²) in [5, 5.41) is 9.97. The predicted octanol–water partition coefficient (Wildman–Crippen LogP) is 2.79. The molecule has 6 heteroatoms. The largest absolute Gasteiger partial charge is 0.338 e. The van der Waals surface area contributed by atoms with Gasteiger partial charge in [-0.25, -0.2) is 9.48 Å². The van der Waals surface area contributed by atoms with Crippen molar-refractivity contribution in [1.29, 1.82) is 0 Å². The predicted molar refractivity (Wildman–Crippen MR) is 99.5 cm³/mol. The van der Waals surface area contributed by atoms with E-state index >= 15 is 0 Å². The highest BCUT2D eigenvalue weighted by Gasteiger charge is 2.03. The number of urea groups is 1. The minimum Gasteiger partial charge on any atom is -0.338 e. The standard InChI is InChI=1S/C19H26N4O2/c1-2-20-19(25)21-14-8-3-4-9-15-23-18(24)13-12-17(22-23)16-10-6-5-7-11-16/h5-7,10-13H,2-4,8-9,14-15H2,1H3,(H2,20,21,25).